The van der Waals surface area contributed by atoms with E-state index in [9.17, 15) is 14.4 Å². The van der Waals surface area contributed by atoms with E-state index in [1.807, 2.05) is 11.1 Å². The number of hydrogen-bond acceptors (Lipinski definition) is 9. The third-order valence-electron chi connectivity index (χ3n) is 16.6. The van der Waals surface area contributed by atoms with Crippen LogP contribution in [0, 0.1) is 29.6 Å². The SMILES string of the molecule is COC(=O)NC(C(=O)N1C2CCC(C2)C1c1nc2c([nH]1)CCC(C1=CC=C3C4=CC=C(c5cnc(C6CCCN6C(=O)C(N)C6CCOCC6)[nH]5)CC4CCC3C1)=C2)C1CCOCC1. The van der Waals surface area contributed by atoms with E-state index in [0.29, 0.717) is 44.2 Å². The summed E-state index contributed by atoms with van der Waals surface area (Å²) in [5, 5.41) is 2.92. The maximum Gasteiger partial charge on any atom is 0.407 e. The molecule has 9 aliphatic rings. The van der Waals surface area contributed by atoms with E-state index in [1.165, 1.54) is 35.0 Å². The molecular formula is C50H64N8O6. The second kappa shape index (κ2) is 17.5. The summed E-state index contributed by atoms with van der Waals surface area (Å²) >= 11 is 0. The Labute approximate surface area is 375 Å². The van der Waals surface area contributed by atoms with E-state index in [2.05, 4.69) is 50.6 Å². The minimum Gasteiger partial charge on any atom is -0.453 e. The van der Waals surface area contributed by atoms with Crippen LogP contribution in [0.3, 0.4) is 0 Å². The Bertz CT molecular complexity index is 2310. The summed E-state index contributed by atoms with van der Waals surface area (Å²) in [6, 6.07) is -1.17. The molecule has 11 rings (SSSR count). The number of piperidine rings is 1. The number of nitrogens with one attached hydrogen (secondary N) is 3. The standard InChI is InChI=1S/C50H64N8O6/c1-62-50(61)56-44(29-16-21-64-22-17-29)49(60)58-36-10-6-35(25-36)45(58)47-53-39-13-9-31(26-40(39)54-47)30-7-11-37-32(23-30)4-5-33-24-34(8-12-38(33)37)41-27-52-46(55-41)42-3-2-18-57(42)48(59)43(51)28-14-19-63-20-15-28/h7-8,11-12,26-29,32-33,35-36,42-45H,2-6,9-10,13-25,51H2,1H3,(H,52,55)(H,53,54)(H,56,61). The molecule has 8 unspecified atom stereocenters. The summed E-state index contributed by atoms with van der Waals surface area (Å²) in [5.41, 5.74) is 16.8. The van der Waals surface area contributed by atoms with Crippen LogP contribution < -0.4 is 11.1 Å². The fourth-order valence-electron chi connectivity index (χ4n) is 13.1. The number of alkyl carbamates (subject to hydrolysis) is 1. The maximum atomic E-state index is 14.5. The second-order valence-electron chi connectivity index (χ2n) is 20.0. The first kappa shape index (κ1) is 41.9. The van der Waals surface area contributed by atoms with Gasteiger partial charge in [-0.25, -0.2) is 14.8 Å². The number of fused-ring (bicyclic) bond motifs is 6. The Hall–Kier alpha value is -4.79. The Morgan fingerprint density at radius 2 is 1.53 bits per heavy atom. The van der Waals surface area contributed by atoms with Crippen molar-refractivity contribution in [1.82, 2.24) is 35.1 Å². The third-order valence-corrected chi connectivity index (χ3v) is 16.6. The fraction of sp³-hybridized carbons (Fsp3) is 0.620. The number of methoxy groups -OCH3 is 1. The number of carbonyl (C=O) groups excluding carboxylic acids is 3. The maximum absolute atomic E-state index is 14.5. The van der Waals surface area contributed by atoms with Gasteiger partial charge in [0.05, 0.1) is 42.8 Å². The first-order valence-electron chi connectivity index (χ1n) is 24.4. The summed E-state index contributed by atoms with van der Waals surface area (Å²) in [5.74, 6) is 3.29. The first-order chi connectivity index (χ1) is 31.3. The zero-order chi connectivity index (χ0) is 43.5. The molecule has 4 saturated heterocycles. The van der Waals surface area contributed by atoms with Gasteiger partial charge >= 0.3 is 6.09 Å². The molecule has 6 fully saturated rings. The predicted octanol–water partition coefficient (Wildman–Crippen LogP) is 6.78. The van der Waals surface area contributed by atoms with Crippen LogP contribution in [0.15, 0.2) is 52.8 Å². The normalized spacial score (nSPS) is 30.2. The number of aromatic nitrogens is 4. The van der Waals surface area contributed by atoms with Crippen LogP contribution in [0.5, 0.6) is 0 Å². The summed E-state index contributed by atoms with van der Waals surface area (Å²) in [6.45, 7) is 3.26. The van der Waals surface area contributed by atoms with Crippen molar-refractivity contribution in [3.05, 3.63) is 81.5 Å². The molecule has 14 heteroatoms. The zero-order valence-corrected chi connectivity index (χ0v) is 37.2. The van der Waals surface area contributed by atoms with Crippen LogP contribution in [0.1, 0.15) is 131 Å². The molecule has 0 spiro atoms. The number of carbonyl (C=O) groups is 3. The van der Waals surface area contributed by atoms with Gasteiger partial charge in [0.1, 0.15) is 17.7 Å². The van der Waals surface area contributed by atoms with Crippen LogP contribution in [0.25, 0.3) is 11.6 Å². The molecule has 4 aliphatic heterocycles. The minimum absolute atomic E-state index is 0.00389. The lowest BCUT2D eigenvalue weighted by atomic mass is 9.66. The van der Waals surface area contributed by atoms with Crippen molar-refractivity contribution < 1.29 is 28.6 Å². The molecule has 8 atom stereocenters. The van der Waals surface area contributed by atoms with Crippen molar-refractivity contribution >= 4 is 29.6 Å². The molecule has 2 bridgehead atoms. The molecule has 2 aromatic rings. The largest absolute Gasteiger partial charge is 0.453 e. The van der Waals surface area contributed by atoms with Crippen LogP contribution >= 0.6 is 0 Å². The topological polar surface area (TPSA) is 181 Å². The molecule has 0 aromatic carbocycles. The second-order valence-corrected chi connectivity index (χ2v) is 20.0. The van der Waals surface area contributed by atoms with Crippen LogP contribution in [0.2, 0.25) is 0 Å². The number of allylic oxidation sites excluding steroid dienone is 9. The lowest BCUT2D eigenvalue weighted by molar-refractivity contribution is -0.140. The van der Waals surface area contributed by atoms with Crippen LogP contribution in [-0.2, 0) is 30.2 Å². The van der Waals surface area contributed by atoms with Crippen molar-refractivity contribution in [2.24, 2.45) is 35.3 Å². The number of H-pyrrole nitrogens is 2. The molecule has 14 nitrogen and oxygen atoms in total. The average Bonchev–Trinajstić information content (AvgIpc) is 4.21. The van der Waals surface area contributed by atoms with E-state index in [1.54, 1.807) is 0 Å². The molecule has 5 aliphatic carbocycles. The lowest BCUT2D eigenvalue weighted by Gasteiger charge is -2.39. The van der Waals surface area contributed by atoms with E-state index in [-0.39, 0.29) is 41.8 Å². The highest BCUT2D eigenvalue weighted by Crippen LogP contribution is 2.52. The van der Waals surface area contributed by atoms with Crippen LogP contribution in [0.4, 0.5) is 4.79 Å². The highest BCUT2D eigenvalue weighted by molar-refractivity contribution is 5.87. The Balaban J connectivity index is 0.783. The van der Waals surface area contributed by atoms with Gasteiger partial charge in [-0.1, -0.05) is 24.3 Å². The van der Waals surface area contributed by atoms with Gasteiger partial charge < -0.3 is 45.0 Å². The Kier molecular flexibility index (Phi) is 11.5. The predicted molar refractivity (Wildman–Crippen MR) is 240 cm³/mol. The minimum atomic E-state index is -0.646. The van der Waals surface area contributed by atoms with Gasteiger partial charge in [-0.15, -0.1) is 0 Å². The van der Waals surface area contributed by atoms with Crippen LogP contribution in [-0.4, -0.2) is 106 Å². The van der Waals surface area contributed by atoms with Gasteiger partial charge in [0.15, 0.2) is 0 Å². The van der Waals surface area contributed by atoms with E-state index < -0.39 is 18.2 Å². The average molecular weight is 873 g/mol. The van der Waals surface area contributed by atoms with Gasteiger partial charge in [-0.2, -0.15) is 0 Å². The number of rotatable bonds is 9. The van der Waals surface area contributed by atoms with Crippen molar-refractivity contribution in [1.29, 1.82) is 0 Å². The first-order valence-corrected chi connectivity index (χ1v) is 24.4. The van der Waals surface area contributed by atoms with Crippen molar-refractivity contribution in [3.8, 4) is 0 Å². The van der Waals surface area contributed by atoms with E-state index >= 15 is 0 Å². The molecule has 64 heavy (non-hydrogen) atoms. The Morgan fingerprint density at radius 1 is 0.812 bits per heavy atom. The number of hydrogen-bond donors (Lipinski definition) is 4. The monoisotopic (exact) mass is 872 g/mol. The number of imidazole rings is 2. The van der Waals surface area contributed by atoms with Crippen molar-refractivity contribution in [3.63, 3.8) is 0 Å². The summed E-state index contributed by atoms with van der Waals surface area (Å²) in [6.07, 6.45) is 27.3. The van der Waals surface area contributed by atoms with Gasteiger partial charge in [-0.05, 0) is 160 Å². The number of likely N-dealkylation sites (tertiary alicyclic amines) is 2. The highest BCUT2D eigenvalue weighted by Gasteiger charge is 2.52. The number of nitrogens with two attached hydrogens (primary N) is 1. The van der Waals surface area contributed by atoms with Gasteiger partial charge in [0.2, 0.25) is 11.8 Å². The third kappa shape index (κ3) is 7.70. The van der Waals surface area contributed by atoms with Crippen molar-refractivity contribution in [2.75, 3.05) is 40.1 Å². The molecule has 2 aromatic heterocycles. The molecule has 2 saturated carbocycles. The molecule has 5 N–H and O–H groups in total. The molecule has 6 heterocycles. The number of nitrogens with zero attached hydrogens (tertiary/aromatic N) is 4. The summed E-state index contributed by atoms with van der Waals surface area (Å²) < 4.78 is 16.1. The fourth-order valence-corrected chi connectivity index (χ4v) is 13.1. The zero-order valence-electron chi connectivity index (χ0n) is 37.2. The molecular weight excluding hydrogens is 809 g/mol. The van der Waals surface area contributed by atoms with E-state index in [4.69, 9.17) is 29.9 Å². The Morgan fingerprint density at radius 3 is 2.28 bits per heavy atom. The lowest BCUT2D eigenvalue weighted by Crippen LogP contribution is -2.55. The van der Waals surface area contributed by atoms with Gasteiger partial charge in [-0.3, -0.25) is 9.59 Å². The summed E-state index contributed by atoms with van der Waals surface area (Å²) in [7, 11) is 1.35. The van der Waals surface area contributed by atoms with Gasteiger partial charge in [0, 0.05) is 44.7 Å². The number of aryl methyl sites for hydroxylation is 1. The molecule has 3 amide bonds. The smallest absolute Gasteiger partial charge is 0.407 e. The summed E-state index contributed by atoms with van der Waals surface area (Å²) in [4.78, 5) is 62.1. The van der Waals surface area contributed by atoms with Crippen molar-refractivity contribution in [2.45, 2.75) is 127 Å². The molecule has 340 valence electrons. The van der Waals surface area contributed by atoms with E-state index in [0.717, 1.165) is 132 Å². The molecule has 0 radical (unpaired) electrons. The number of amides is 3. The number of aromatic amines is 2. The highest BCUT2D eigenvalue weighted by atomic mass is 16.5. The quantitative estimate of drug-likeness (QED) is 0.211. The number of ether oxygens (including phenoxy) is 3. The van der Waals surface area contributed by atoms with Gasteiger partial charge in [0.25, 0.3) is 0 Å².